The quantitative estimate of drug-likeness (QED) is 0.490. The van der Waals surface area contributed by atoms with Gasteiger partial charge in [0.25, 0.3) is 0 Å². The second-order valence-electron chi connectivity index (χ2n) is 5.42. The van der Waals surface area contributed by atoms with Gasteiger partial charge >= 0.3 is 0 Å². The summed E-state index contributed by atoms with van der Waals surface area (Å²) in [5.74, 6) is 0.971. The summed E-state index contributed by atoms with van der Waals surface area (Å²) in [5, 5.41) is 3.68. The van der Waals surface area contributed by atoms with Gasteiger partial charge in [-0.25, -0.2) is 0 Å². The summed E-state index contributed by atoms with van der Waals surface area (Å²) in [6.45, 7) is 4.79. The lowest BCUT2D eigenvalue weighted by atomic mass is 10.2. The molecule has 0 aromatic heterocycles. The van der Waals surface area contributed by atoms with Crippen LogP contribution in [0.2, 0.25) is 5.02 Å². The highest BCUT2D eigenvalue weighted by Gasteiger charge is 2.17. The number of hydrogen-bond donors (Lipinski definition) is 1. The van der Waals surface area contributed by atoms with Crippen molar-refractivity contribution in [2.24, 2.45) is 0 Å². The fourth-order valence-corrected chi connectivity index (χ4v) is 3.96. The highest BCUT2D eigenvalue weighted by Crippen LogP contribution is 2.26. The Bertz CT molecular complexity index is 643. The van der Waals surface area contributed by atoms with Crippen molar-refractivity contribution in [3.63, 3.8) is 0 Å². The summed E-state index contributed by atoms with van der Waals surface area (Å²) < 4.78 is 0. The van der Waals surface area contributed by atoms with E-state index in [0.717, 1.165) is 17.1 Å². The van der Waals surface area contributed by atoms with Crippen LogP contribution in [0, 0.1) is 6.92 Å². The van der Waals surface area contributed by atoms with Crippen LogP contribution in [0.25, 0.3) is 0 Å². The van der Waals surface area contributed by atoms with Crippen molar-refractivity contribution in [1.29, 1.82) is 0 Å². The van der Waals surface area contributed by atoms with Gasteiger partial charge in [-0.05, 0) is 49.7 Å². The van der Waals surface area contributed by atoms with Crippen LogP contribution in [-0.4, -0.2) is 23.5 Å². The van der Waals surface area contributed by atoms with Gasteiger partial charge in [0.1, 0.15) is 0 Å². The molecule has 2 aromatic carbocycles. The van der Waals surface area contributed by atoms with Crippen LogP contribution >= 0.6 is 35.1 Å². The van der Waals surface area contributed by atoms with Crippen molar-refractivity contribution < 1.29 is 4.79 Å². The van der Waals surface area contributed by atoms with Crippen LogP contribution in [0.4, 0.5) is 0 Å². The van der Waals surface area contributed by atoms with Crippen LogP contribution in [0.5, 0.6) is 0 Å². The van der Waals surface area contributed by atoms with Crippen molar-refractivity contribution in [1.82, 2.24) is 5.32 Å². The number of rotatable bonds is 8. The van der Waals surface area contributed by atoms with Crippen molar-refractivity contribution in [3.8, 4) is 0 Å². The molecule has 0 saturated carbocycles. The Balaban J connectivity index is 1.75. The van der Waals surface area contributed by atoms with Crippen molar-refractivity contribution in [3.05, 3.63) is 59.1 Å². The molecule has 0 aliphatic carbocycles. The molecule has 2 nitrogen and oxygen atoms in total. The molecule has 2 rings (SSSR count). The van der Waals surface area contributed by atoms with E-state index in [1.54, 1.807) is 23.5 Å². The first-order chi connectivity index (χ1) is 11.6. The maximum absolute atomic E-state index is 12.3. The molecule has 0 heterocycles. The summed E-state index contributed by atoms with van der Waals surface area (Å²) in [7, 11) is 0. The number of amides is 1. The average molecular weight is 380 g/mol. The zero-order valence-corrected chi connectivity index (χ0v) is 16.3. The maximum atomic E-state index is 12.3. The Morgan fingerprint density at radius 1 is 1.08 bits per heavy atom. The lowest BCUT2D eigenvalue weighted by molar-refractivity contribution is -0.120. The van der Waals surface area contributed by atoms with E-state index in [1.165, 1.54) is 10.5 Å². The van der Waals surface area contributed by atoms with Crippen LogP contribution in [0.1, 0.15) is 18.9 Å². The van der Waals surface area contributed by atoms with Crippen molar-refractivity contribution in [2.75, 3.05) is 12.3 Å². The summed E-state index contributed by atoms with van der Waals surface area (Å²) >= 11 is 9.24. The predicted molar refractivity (Wildman–Crippen MR) is 106 cm³/mol. The van der Waals surface area contributed by atoms with Gasteiger partial charge in [-0.2, -0.15) is 0 Å². The molecule has 0 aliphatic rings. The maximum Gasteiger partial charge on any atom is 0.233 e. The first-order valence-corrected chi connectivity index (χ1v) is 10.2. The fourth-order valence-electron chi connectivity index (χ4n) is 2.09. The van der Waals surface area contributed by atoms with E-state index < -0.39 is 0 Å². The zero-order chi connectivity index (χ0) is 17.4. The number of hydrogen-bond acceptors (Lipinski definition) is 3. The lowest BCUT2D eigenvalue weighted by Crippen LogP contribution is -2.33. The Hall–Kier alpha value is -1.10. The number of halogens is 1. The number of benzene rings is 2. The highest BCUT2D eigenvalue weighted by molar-refractivity contribution is 8.00. The Kier molecular flexibility index (Phi) is 8.03. The molecular weight excluding hydrogens is 358 g/mol. The van der Waals surface area contributed by atoms with Gasteiger partial charge in [0.05, 0.1) is 5.25 Å². The van der Waals surface area contributed by atoms with Crippen LogP contribution < -0.4 is 5.32 Å². The summed E-state index contributed by atoms with van der Waals surface area (Å²) in [6.07, 6.45) is 0.796. The third kappa shape index (κ3) is 6.42. The minimum Gasteiger partial charge on any atom is -0.354 e. The van der Waals surface area contributed by atoms with Crippen molar-refractivity contribution in [2.45, 2.75) is 35.3 Å². The van der Waals surface area contributed by atoms with Gasteiger partial charge in [-0.1, -0.05) is 36.2 Å². The first-order valence-electron chi connectivity index (χ1n) is 7.98. The Morgan fingerprint density at radius 2 is 1.71 bits per heavy atom. The van der Waals surface area contributed by atoms with Gasteiger partial charge in [0, 0.05) is 27.1 Å². The van der Waals surface area contributed by atoms with Gasteiger partial charge < -0.3 is 5.32 Å². The van der Waals surface area contributed by atoms with Crippen molar-refractivity contribution >= 4 is 41.0 Å². The second-order valence-corrected chi connectivity index (χ2v) is 8.30. The van der Waals surface area contributed by atoms with E-state index in [-0.39, 0.29) is 11.2 Å². The molecule has 2 aromatic rings. The SMILES string of the molecule is CCC(Sc1ccc(Cl)cc1)C(=O)NCCSc1ccc(C)cc1. The molecule has 1 N–H and O–H groups in total. The molecule has 0 radical (unpaired) electrons. The largest absolute Gasteiger partial charge is 0.354 e. The minimum absolute atomic E-state index is 0.0736. The molecule has 0 spiro atoms. The summed E-state index contributed by atoms with van der Waals surface area (Å²) in [4.78, 5) is 14.6. The molecule has 0 fully saturated rings. The van der Waals surface area contributed by atoms with Crippen LogP contribution in [0.3, 0.4) is 0 Å². The topological polar surface area (TPSA) is 29.1 Å². The van der Waals surface area contributed by atoms with Gasteiger partial charge in [-0.3, -0.25) is 4.79 Å². The zero-order valence-electron chi connectivity index (χ0n) is 13.9. The second kappa shape index (κ2) is 10.0. The average Bonchev–Trinajstić information content (AvgIpc) is 2.59. The predicted octanol–water partition coefficient (Wildman–Crippen LogP) is 5.43. The molecule has 1 atom stereocenters. The molecule has 24 heavy (non-hydrogen) atoms. The van der Waals surface area contributed by atoms with E-state index in [9.17, 15) is 4.79 Å². The molecule has 128 valence electrons. The third-order valence-electron chi connectivity index (χ3n) is 3.45. The Morgan fingerprint density at radius 3 is 2.33 bits per heavy atom. The first kappa shape index (κ1) is 19.2. The van der Waals surface area contributed by atoms with Gasteiger partial charge in [-0.15, -0.1) is 23.5 Å². The van der Waals surface area contributed by atoms with E-state index in [0.29, 0.717) is 11.6 Å². The van der Waals surface area contributed by atoms with Crippen LogP contribution in [-0.2, 0) is 4.79 Å². The number of carbonyl (C=O) groups is 1. The van der Waals surface area contributed by atoms with E-state index in [2.05, 4.69) is 36.5 Å². The number of carbonyl (C=O) groups excluding carboxylic acids is 1. The van der Waals surface area contributed by atoms with E-state index in [4.69, 9.17) is 11.6 Å². The molecule has 0 saturated heterocycles. The molecular formula is C19H22ClNOS2. The number of aryl methyl sites for hydroxylation is 1. The summed E-state index contributed by atoms with van der Waals surface area (Å²) in [6, 6.07) is 16.1. The minimum atomic E-state index is -0.0736. The van der Waals surface area contributed by atoms with E-state index in [1.807, 2.05) is 31.2 Å². The Labute approximate surface area is 157 Å². The third-order valence-corrected chi connectivity index (χ3v) is 6.09. The monoisotopic (exact) mass is 379 g/mol. The molecule has 1 amide bonds. The fraction of sp³-hybridized carbons (Fsp3) is 0.316. The highest BCUT2D eigenvalue weighted by atomic mass is 35.5. The molecule has 1 unspecified atom stereocenters. The standard InChI is InChI=1S/C19H22ClNOS2/c1-3-18(24-17-10-6-15(20)7-11-17)19(22)21-12-13-23-16-8-4-14(2)5-9-16/h4-11,18H,3,12-13H2,1-2H3,(H,21,22). The smallest absolute Gasteiger partial charge is 0.233 e. The van der Waals surface area contributed by atoms with E-state index >= 15 is 0 Å². The molecule has 5 heteroatoms. The lowest BCUT2D eigenvalue weighted by Gasteiger charge is -2.14. The van der Waals surface area contributed by atoms with Crippen LogP contribution in [0.15, 0.2) is 58.3 Å². The molecule has 0 aliphatic heterocycles. The number of nitrogens with one attached hydrogen (secondary N) is 1. The number of thioether (sulfide) groups is 2. The molecule has 0 bridgehead atoms. The van der Waals surface area contributed by atoms with Gasteiger partial charge in [0.15, 0.2) is 0 Å². The summed E-state index contributed by atoms with van der Waals surface area (Å²) in [5.41, 5.74) is 1.26. The normalized spacial score (nSPS) is 12.0. The van der Waals surface area contributed by atoms with Gasteiger partial charge in [0.2, 0.25) is 5.91 Å².